The third kappa shape index (κ3) is 1.78. The summed E-state index contributed by atoms with van der Waals surface area (Å²) in [7, 11) is 0. The van der Waals surface area contributed by atoms with Crippen molar-refractivity contribution in [2.75, 3.05) is 0 Å². The highest BCUT2D eigenvalue weighted by Gasteiger charge is 2.08. The van der Waals surface area contributed by atoms with E-state index in [4.69, 9.17) is 0 Å². The molecule has 1 aromatic heterocycles. The Morgan fingerprint density at radius 2 is 2.20 bits per heavy atom. The molecule has 78 valence electrons. The van der Waals surface area contributed by atoms with Crippen LogP contribution in [0.15, 0.2) is 30.5 Å². The van der Waals surface area contributed by atoms with E-state index in [0.29, 0.717) is 12.1 Å². The molecule has 0 aliphatic heterocycles. The molecule has 1 atom stereocenters. The normalized spacial score (nSPS) is 12.9. The number of aldehydes is 1. The van der Waals surface area contributed by atoms with Crippen molar-refractivity contribution in [3.63, 3.8) is 0 Å². The fourth-order valence-electron chi connectivity index (χ4n) is 1.80. The topological polar surface area (TPSA) is 42.2 Å². The van der Waals surface area contributed by atoms with Gasteiger partial charge in [-0.1, -0.05) is 18.2 Å². The first kappa shape index (κ1) is 9.93. The van der Waals surface area contributed by atoms with Gasteiger partial charge in [0.1, 0.15) is 0 Å². The number of aliphatic hydroxyl groups excluding tert-OH is 1. The van der Waals surface area contributed by atoms with Gasteiger partial charge in [-0.2, -0.15) is 0 Å². The highest BCUT2D eigenvalue weighted by molar-refractivity contribution is 5.97. The molecule has 0 amide bonds. The van der Waals surface area contributed by atoms with Crippen molar-refractivity contribution < 1.29 is 9.90 Å². The van der Waals surface area contributed by atoms with E-state index in [9.17, 15) is 9.90 Å². The maximum absolute atomic E-state index is 10.8. The number of benzene rings is 1. The van der Waals surface area contributed by atoms with Crippen molar-refractivity contribution in [3.05, 3.63) is 36.0 Å². The Morgan fingerprint density at radius 1 is 1.47 bits per heavy atom. The second kappa shape index (κ2) is 3.87. The zero-order chi connectivity index (χ0) is 10.8. The summed E-state index contributed by atoms with van der Waals surface area (Å²) in [5.74, 6) is 0. The number of fused-ring (bicyclic) bond motifs is 1. The maximum Gasteiger partial charge on any atom is 0.152 e. The molecule has 0 fully saturated rings. The minimum atomic E-state index is -0.416. The van der Waals surface area contributed by atoms with Crippen LogP contribution in [0.1, 0.15) is 17.3 Å². The zero-order valence-electron chi connectivity index (χ0n) is 8.55. The lowest BCUT2D eigenvalue weighted by atomic mass is 10.2. The van der Waals surface area contributed by atoms with Gasteiger partial charge in [-0.15, -0.1) is 0 Å². The van der Waals surface area contributed by atoms with E-state index in [-0.39, 0.29) is 0 Å². The first-order valence-corrected chi connectivity index (χ1v) is 4.93. The minimum absolute atomic E-state index is 0.416. The van der Waals surface area contributed by atoms with Crippen molar-refractivity contribution in [2.24, 2.45) is 0 Å². The van der Waals surface area contributed by atoms with Gasteiger partial charge in [-0.25, -0.2) is 0 Å². The smallest absolute Gasteiger partial charge is 0.152 e. The van der Waals surface area contributed by atoms with Crippen molar-refractivity contribution in [2.45, 2.75) is 19.6 Å². The molecule has 0 aliphatic carbocycles. The zero-order valence-corrected chi connectivity index (χ0v) is 8.55. The first-order valence-electron chi connectivity index (χ1n) is 4.93. The summed E-state index contributed by atoms with van der Waals surface area (Å²) in [4.78, 5) is 10.8. The number of hydrogen-bond acceptors (Lipinski definition) is 2. The summed E-state index contributed by atoms with van der Waals surface area (Å²) < 4.78 is 1.91. The average Bonchev–Trinajstić information content (AvgIpc) is 2.56. The number of carbonyl (C=O) groups is 1. The number of aromatic nitrogens is 1. The Bertz CT molecular complexity index is 485. The number of para-hydroxylation sites is 1. The fraction of sp³-hybridized carbons (Fsp3) is 0.250. The van der Waals surface area contributed by atoms with Gasteiger partial charge in [0.05, 0.1) is 6.10 Å². The number of nitrogens with zero attached hydrogens (tertiary/aromatic N) is 1. The summed E-state index contributed by atoms with van der Waals surface area (Å²) in [6.07, 6.45) is 2.21. The third-order valence-electron chi connectivity index (χ3n) is 2.41. The lowest BCUT2D eigenvalue weighted by Crippen LogP contribution is -2.10. The minimum Gasteiger partial charge on any atom is -0.392 e. The Morgan fingerprint density at radius 3 is 2.87 bits per heavy atom. The van der Waals surface area contributed by atoms with Crippen LogP contribution in [-0.2, 0) is 6.54 Å². The van der Waals surface area contributed by atoms with Crippen LogP contribution in [0.4, 0.5) is 0 Å². The lowest BCUT2D eigenvalue weighted by molar-refractivity contribution is 0.112. The van der Waals surface area contributed by atoms with E-state index >= 15 is 0 Å². The predicted molar refractivity (Wildman–Crippen MR) is 59.0 cm³/mol. The van der Waals surface area contributed by atoms with Gasteiger partial charge in [0.25, 0.3) is 0 Å². The van der Waals surface area contributed by atoms with Gasteiger partial charge in [0.2, 0.25) is 0 Å². The Labute approximate surface area is 87.9 Å². The van der Waals surface area contributed by atoms with E-state index in [2.05, 4.69) is 0 Å². The van der Waals surface area contributed by atoms with Crippen molar-refractivity contribution in [1.82, 2.24) is 4.57 Å². The van der Waals surface area contributed by atoms with E-state index in [1.165, 1.54) is 0 Å². The average molecular weight is 203 g/mol. The van der Waals surface area contributed by atoms with Gasteiger partial charge in [-0.3, -0.25) is 4.79 Å². The largest absolute Gasteiger partial charge is 0.392 e. The molecule has 1 aromatic carbocycles. The molecule has 0 radical (unpaired) electrons. The Balaban J connectivity index is 2.59. The summed E-state index contributed by atoms with van der Waals surface area (Å²) in [6, 6.07) is 7.69. The van der Waals surface area contributed by atoms with Crippen LogP contribution in [-0.4, -0.2) is 22.1 Å². The van der Waals surface area contributed by atoms with Crippen LogP contribution >= 0.6 is 0 Å². The van der Waals surface area contributed by atoms with Crippen LogP contribution < -0.4 is 0 Å². The molecular formula is C12H13NO2. The predicted octanol–water partition coefficient (Wildman–Crippen LogP) is 1.83. The summed E-state index contributed by atoms with van der Waals surface area (Å²) in [5, 5.41) is 10.3. The van der Waals surface area contributed by atoms with Crippen molar-refractivity contribution in [1.29, 1.82) is 0 Å². The van der Waals surface area contributed by atoms with Gasteiger partial charge in [0.15, 0.2) is 6.29 Å². The van der Waals surface area contributed by atoms with E-state index < -0.39 is 6.10 Å². The van der Waals surface area contributed by atoms with Crippen LogP contribution in [0.2, 0.25) is 0 Å². The van der Waals surface area contributed by atoms with Crippen LogP contribution in [0.5, 0.6) is 0 Å². The quantitative estimate of drug-likeness (QED) is 0.773. The molecule has 3 heteroatoms. The molecular weight excluding hydrogens is 190 g/mol. The van der Waals surface area contributed by atoms with E-state index in [1.54, 1.807) is 13.1 Å². The fourth-order valence-corrected chi connectivity index (χ4v) is 1.80. The molecule has 1 N–H and O–H groups in total. The second-order valence-electron chi connectivity index (χ2n) is 3.72. The molecule has 0 bridgehead atoms. The Hall–Kier alpha value is -1.61. The van der Waals surface area contributed by atoms with Gasteiger partial charge >= 0.3 is 0 Å². The third-order valence-corrected chi connectivity index (χ3v) is 2.41. The molecule has 1 heterocycles. The number of hydrogen-bond donors (Lipinski definition) is 1. The highest BCUT2D eigenvalue weighted by Crippen LogP contribution is 2.20. The molecule has 0 aliphatic rings. The molecule has 1 unspecified atom stereocenters. The molecule has 0 spiro atoms. The number of carbonyl (C=O) groups excluding carboxylic acids is 1. The molecule has 2 aromatic rings. The van der Waals surface area contributed by atoms with Crippen LogP contribution in [0.3, 0.4) is 0 Å². The van der Waals surface area contributed by atoms with E-state index in [0.717, 1.165) is 17.2 Å². The van der Waals surface area contributed by atoms with Crippen LogP contribution in [0.25, 0.3) is 10.9 Å². The van der Waals surface area contributed by atoms with Crippen LogP contribution in [0, 0.1) is 0 Å². The highest BCUT2D eigenvalue weighted by atomic mass is 16.3. The number of aliphatic hydroxyl groups is 1. The van der Waals surface area contributed by atoms with Gasteiger partial charge in [0, 0.05) is 29.2 Å². The van der Waals surface area contributed by atoms with Crippen molar-refractivity contribution >= 4 is 17.2 Å². The molecule has 0 saturated carbocycles. The molecule has 15 heavy (non-hydrogen) atoms. The van der Waals surface area contributed by atoms with Gasteiger partial charge in [-0.05, 0) is 13.0 Å². The molecule has 2 rings (SSSR count). The first-order chi connectivity index (χ1) is 7.22. The summed E-state index contributed by atoms with van der Waals surface area (Å²) in [6.45, 7) is 2.24. The maximum atomic E-state index is 10.8. The summed E-state index contributed by atoms with van der Waals surface area (Å²) >= 11 is 0. The molecule has 0 saturated heterocycles. The SMILES string of the molecule is CC(O)Cn1cc(C=O)c2ccccc21. The van der Waals surface area contributed by atoms with Gasteiger partial charge < -0.3 is 9.67 Å². The summed E-state index contributed by atoms with van der Waals surface area (Å²) in [5.41, 5.74) is 1.66. The molecule has 3 nitrogen and oxygen atoms in total. The number of rotatable bonds is 3. The monoisotopic (exact) mass is 203 g/mol. The second-order valence-corrected chi connectivity index (χ2v) is 3.72. The van der Waals surface area contributed by atoms with E-state index in [1.807, 2.05) is 28.8 Å². The standard InChI is InChI=1S/C12H13NO2/c1-9(15)6-13-7-10(8-14)11-4-2-3-5-12(11)13/h2-5,7-9,15H,6H2,1H3. The lowest BCUT2D eigenvalue weighted by Gasteiger charge is -2.06. The Kier molecular flexibility index (Phi) is 2.56. The van der Waals surface area contributed by atoms with Crippen molar-refractivity contribution in [3.8, 4) is 0 Å².